The molecule has 8 heteroatoms. The van der Waals surface area contributed by atoms with E-state index >= 15 is 0 Å². The van der Waals surface area contributed by atoms with E-state index in [2.05, 4.69) is 10.6 Å². The number of ether oxygens (including phenoxy) is 1. The van der Waals surface area contributed by atoms with Crippen LogP contribution in [0.25, 0.3) is 11.4 Å². The molecule has 0 saturated heterocycles. The van der Waals surface area contributed by atoms with E-state index in [1.807, 2.05) is 79.7 Å². The predicted molar refractivity (Wildman–Crippen MR) is 133 cm³/mol. The summed E-state index contributed by atoms with van der Waals surface area (Å²) in [6.07, 6.45) is 0. The van der Waals surface area contributed by atoms with Crippen LogP contribution in [0.3, 0.4) is 0 Å². The van der Waals surface area contributed by atoms with Gasteiger partial charge >= 0.3 is 0 Å². The minimum absolute atomic E-state index is 0.238. The summed E-state index contributed by atoms with van der Waals surface area (Å²) in [6.45, 7) is 1.86. The van der Waals surface area contributed by atoms with E-state index in [0.717, 1.165) is 11.1 Å². The van der Waals surface area contributed by atoms with Crippen LogP contribution in [0.2, 0.25) is 5.02 Å². The second kappa shape index (κ2) is 9.03. The molecule has 0 radical (unpaired) electrons. The third-order valence-electron chi connectivity index (χ3n) is 5.65. The normalized spacial score (nSPS) is 14.9. The molecule has 1 atom stereocenters. The zero-order chi connectivity index (χ0) is 23.7. The standard InChI is InChI=1S/C26H22ClN5O2/c1-16-22(25(33)29-19-11-4-3-5-12-19)23(20-13-6-7-14-21(20)34-2)32-26(28-16)30-24(31-32)17-9-8-10-18(27)15-17/h3-15,23H,1-2H3,(H,29,33)(H,28,30,31). The van der Waals surface area contributed by atoms with Crippen molar-refractivity contribution in [1.82, 2.24) is 14.8 Å². The van der Waals surface area contributed by atoms with Gasteiger partial charge in [0, 0.05) is 27.5 Å². The third-order valence-corrected chi connectivity index (χ3v) is 5.88. The van der Waals surface area contributed by atoms with E-state index < -0.39 is 6.04 Å². The minimum Gasteiger partial charge on any atom is -0.496 e. The highest BCUT2D eigenvalue weighted by Gasteiger charge is 2.36. The van der Waals surface area contributed by atoms with E-state index in [1.54, 1.807) is 17.9 Å². The summed E-state index contributed by atoms with van der Waals surface area (Å²) in [5, 5.41) is 11.6. The maximum Gasteiger partial charge on any atom is 0.255 e. The average Bonchev–Trinajstić information content (AvgIpc) is 3.27. The Bertz CT molecular complexity index is 1400. The number of rotatable bonds is 5. The molecule has 0 spiro atoms. The van der Waals surface area contributed by atoms with Crippen molar-refractivity contribution in [2.45, 2.75) is 13.0 Å². The van der Waals surface area contributed by atoms with Gasteiger partial charge in [-0.25, -0.2) is 4.68 Å². The SMILES string of the molecule is COc1ccccc1C1C(C(=O)Nc2ccccc2)=C(C)Nc2nc(-c3cccc(Cl)c3)nn21. The van der Waals surface area contributed by atoms with E-state index in [4.69, 9.17) is 26.4 Å². The van der Waals surface area contributed by atoms with Crippen molar-refractivity contribution in [1.29, 1.82) is 0 Å². The lowest BCUT2D eigenvalue weighted by Crippen LogP contribution is -2.31. The summed E-state index contributed by atoms with van der Waals surface area (Å²) < 4.78 is 7.37. The molecule has 4 aromatic rings. The van der Waals surface area contributed by atoms with Gasteiger partial charge in [0.15, 0.2) is 5.82 Å². The summed E-state index contributed by atoms with van der Waals surface area (Å²) in [5.41, 5.74) is 3.48. The molecule has 2 heterocycles. The number of para-hydroxylation sites is 2. The van der Waals surface area contributed by atoms with Gasteiger partial charge < -0.3 is 15.4 Å². The molecular formula is C26H22ClN5O2. The van der Waals surface area contributed by atoms with E-state index in [9.17, 15) is 4.79 Å². The minimum atomic E-state index is -0.559. The molecule has 0 fully saturated rings. The molecule has 170 valence electrons. The summed E-state index contributed by atoms with van der Waals surface area (Å²) in [7, 11) is 1.61. The van der Waals surface area contributed by atoms with Crippen molar-refractivity contribution < 1.29 is 9.53 Å². The highest BCUT2D eigenvalue weighted by Crippen LogP contribution is 2.40. The lowest BCUT2D eigenvalue weighted by Gasteiger charge is -2.29. The Kier molecular flexibility index (Phi) is 5.77. The molecule has 5 rings (SSSR count). The molecule has 7 nitrogen and oxygen atoms in total. The van der Waals surface area contributed by atoms with Gasteiger partial charge in [0.25, 0.3) is 5.91 Å². The van der Waals surface area contributed by atoms with Gasteiger partial charge in [-0.15, -0.1) is 5.10 Å². The Morgan fingerprint density at radius 2 is 1.82 bits per heavy atom. The van der Waals surface area contributed by atoms with Gasteiger partial charge in [0.2, 0.25) is 5.95 Å². The molecule has 1 unspecified atom stereocenters. The Hall–Kier alpha value is -4.10. The Morgan fingerprint density at radius 3 is 2.59 bits per heavy atom. The third kappa shape index (κ3) is 4.02. The highest BCUT2D eigenvalue weighted by molar-refractivity contribution is 6.30. The number of aromatic nitrogens is 3. The molecule has 34 heavy (non-hydrogen) atoms. The number of carbonyl (C=O) groups is 1. The molecule has 1 aliphatic rings. The van der Waals surface area contributed by atoms with Crippen LogP contribution in [0, 0.1) is 0 Å². The first-order valence-corrected chi connectivity index (χ1v) is 11.1. The Balaban J connectivity index is 1.64. The molecule has 0 aliphatic carbocycles. The first kappa shape index (κ1) is 21.7. The summed E-state index contributed by atoms with van der Waals surface area (Å²) in [4.78, 5) is 18.3. The molecule has 1 aromatic heterocycles. The number of carbonyl (C=O) groups excluding carboxylic acids is 1. The van der Waals surface area contributed by atoms with Crippen LogP contribution < -0.4 is 15.4 Å². The van der Waals surface area contributed by atoms with Crippen molar-refractivity contribution in [2.75, 3.05) is 17.7 Å². The molecule has 3 aromatic carbocycles. The van der Waals surface area contributed by atoms with E-state index in [1.165, 1.54) is 0 Å². The quantitative estimate of drug-likeness (QED) is 0.399. The topological polar surface area (TPSA) is 81.1 Å². The summed E-state index contributed by atoms with van der Waals surface area (Å²) in [5.74, 6) is 1.44. The second-order valence-electron chi connectivity index (χ2n) is 7.84. The zero-order valence-electron chi connectivity index (χ0n) is 18.6. The van der Waals surface area contributed by atoms with Crippen molar-refractivity contribution in [3.8, 4) is 17.1 Å². The van der Waals surface area contributed by atoms with Crippen LogP contribution >= 0.6 is 11.6 Å². The average molecular weight is 472 g/mol. The molecule has 2 N–H and O–H groups in total. The predicted octanol–water partition coefficient (Wildman–Crippen LogP) is 5.53. The number of methoxy groups -OCH3 is 1. The van der Waals surface area contributed by atoms with Gasteiger partial charge in [0.1, 0.15) is 11.8 Å². The molecule has 1 aliphatic heterocycles. The van der Waals surface area contributed by atoms with Gasteiger partial charge in [0.05, 0.1) is 12.7 Å². The van der Waals surface area contributed by atoms with Crippen LogP contribution in [0.1, 0.15) is 18.5 Å². The van der Waals surface area contributed by atoms with Gasteiger partial charge in [-0.2, -0.15) is 4.98 Å². The van der Waals surface area contributed by atoms with Crippen molar-refractivity contribution >= 4 is 29.1 Å². The van der Waals surface area contributed by atoms with Crippen molar-refractivity contribution in [3.05, 3.63) is 101 Å². The van der Waals surface area contributed by atoms with Crippen molar-refractivity contribution in [3.63, 3.8) is 0 Å². The summed E-state index contributed by atoms with van der Waals surface area (Å²) >= 11 is 6.19. The van der Waals surface area contributed by atoms with E-state index in [-0.39, 0.29) is 5.91 Å². The molecule has 1 amide bonds. The first-order valence-electron chi connectivity index (χ1n) is 10.7. The number of amides is 1. The molecular weight excluding hydrogens is 450 g/mol. The van der Waals surface area contributed by atoms with Crippen LogP contribution in [-0.4, -0.2) is 27.8 Å². The maximum atomic E-state index is 13.6. The van der Waals surface area contributed by atoms with Crippen LogP contribution in [0.4, 0.5) is 11.6 Å². The fraction of sp³-hybridized carbons (Fsp3) is 0.115. The van der Waals surface area contributed by atoms with Crippen LogP contribution in [-0.2, 0) is 4.79 Å². The van der Waals surface area contributed by atoms with Crippen LogP contribution in [0.15, 0.2) is 90.1 Å². The van der Waals surface area contributed by atoms with Crippen LogP contribution in [0.5, 0.6) is 5.75 Å². The fourth-order valence-electron chi connectivity index (χ4n) is 4.09. The zero-order valence-corrected chi connectivity index (χ0v) is 19.4. The number of nitrogens with one attached hydrogen (secondary N) is 2. The summed E-state index contributed by atoms with van der Waals surface area (Å²) in [6, 6.07) is 23.8. The lowest BCUT2D eigenvalue weighted by atomic mass is 9.94. The van der Waals surface area contributed by atoms with Gasteiger partial charge in [-0.3, -0.25) is 4.79 Å². The number of allylic oxidation sites excluding steroid dienone is 1. The number of benzene rings is 3. The second-order valence-corrected chi connectivity index (χ2v) is 8.28. The molecule has 0 saturated carbocycles. The number of hydrogen-bond acceptors (Lipinski definition) is 5. The molecule has 0 bridgehead atoms. The van der Waals surface area contributed by atoms with E-state index in [0.29, 0.717) is 39.5 Å². The number of fused-ring (bicyclic) bond motifs is 1. The Morgan fingerprint density at radius 1 is 1.06 bits per heavy atom. The lowest BCUT2D eigenvalue weighted by molar-refractivity contribution is -0.113. The monoisotopic (exact) mass is 471 g/mol. The van der Waals surface area contributed by atoms with Gasteiger partial charge in [-0.05, 0) is 37.3 Å². The smallest absolute Gasteiger partial charge is 0.255 e. The first-order chi connectivity index (χ1) is 16.5. The maximum absolute atomic E-state index is 13.6. The van der Waals surface area contributed by atoms with Gasteiger partial charge in [-0.1, -0.05) is 60.1 Å². The Labute approximate surface area is 202 Å². The fourth-order valence-corrected chi connectivity index (χ4v) is 4.29. The number of hydrogen-bond donors (Lipinski definition) is 2. The number of anilines is 2. The largest absolute Gasteiger partial charge is 0.496 e. The van der Waals surface area contributed by atoms with Crippen molar-refractivity contribution in [2.24, 2.45) is 0 Å². The number of nitrogens with zero attached hydrogens (tertiary/aromatic N) is 3. The number of halogens is 1. The highest BCUT2D eigenvalue weighted by atomic mass is 35.5.